The van der Waals surface area contributed by atoms with Crippen LogP contribution >= 0.6 is 0 Å². The van der Waals surface area contributed by atoms with Crippen molar-refractivity contribution in [3.63, 3.8) is 0 Å². The molecule has 8 heteroatoms. The topological polar surface area (TPSA) is 104 Å². The van der Waals surface area contributed by atoms with E-state index >= 15 is 0 Å². The minimum atomic E-state index is -3.69. The maximum atomic E-state index is 12.0. The van der Waals surface area contributed by atoms with Gasteiger partial charge in [0.15, 0.2) is 0 Å². The van der Waals surface area contributed by atoms with E-state index in [1.807, 2.05) is 0 Å². The maximum Gasteiger partial charge on any atom is 0.274 e. The zero-order chi connectivity index (χ0) is 13.9. The summed E-state index contributed by atoms with van der Waals surface area (Å²) in [4.78, 5) is 0. The Morgan fingerprint density at radius 3 is 2.84 bits per heavy atom. The Labute approximate surface area is 112 Å². The molecule has 1 aliphatic heterocycles. The van der Waals surface area contributed by atoms with Crippen molar-refractivity contribution in [1.82, 2.24) is 4.72 Å². The normalized spacial score (nSPS) is 23.9. The van der Waals surface area contributed by atoms with Crippen LogP contribution in [-0.2, 0) is 26.0 Å². The molecule has 1 atom stereocenters. The molecule has 2 heterocycles. The van der Waals surface area contributed by atoms with E-state index in [4.69, 9.17) is 19.6 Å². The molecule has 2 rings (SSSR count). The summed E-state index contributed by atoms with van der Waals surface area (Å²) in [7, 11) is -2.15. The highest BCUT2D eigenvalue weighted by molar-refractivity contribution is 7.89. The van der Waals surface area contributed by atoms with E-state index in [1.54, 1.807) is 13.2 Å². The summed E-state index contributed by atoms with van der Waals surface area (Å²) >= 11 is 0. The number of hydrogen-bond donors (Lipinski definition) is 2. The first-order valence-corrected chi connectivity index (χ1v) is 7.41. The van der Waals surface area contributed by atoms with Crippen LogP contribution < -0.4 is 10.5 Å². The molecule has 1 unspecified atom stereocenters. The Morgan fingerprint density at radius 2 is 2.32 bits per heavy atom. The van der Waals surface area contributed by atoms with Crippen molar-refractivity contribution in [2.75, 3.05) is 26.9 Å². The molecule has 0 saturated carbocycles. The largest absolute Gasteiger partial charge is 0.447 e. The van der Waals surface area contributed by atoms with Gasteiger partial charge in [-0.3, -0.25) is 0 Å². The SMILES string of the molecule is COC1(CNS(=O)(=O)c2ccc(CN)o2)CCOC1. The summed E-state index contributed by atoms with van der Waals surface area (Å²) < 4.78 is 42.3. The number of nitrogens with one attached hydrogen (secondary N) is 1. The number of sulfonamides is 1. The van der Waals surface area contributed by atoms with Gasteiger partial charge in [0.25, 0.3) is 10.0 Å². The van der Waals surface area contributed by atoms with Crippen molar-refractivity contribution in [2.24, 2.45) is 5.73 Å². The van der Waals surface area contributed by atoms with Gasteiger partial charge in [-0.15, -0.1) is 0 Å². The highest BCUT2D eigenvalue weighted by Crippen LogP contribution is 2.22. The fourth-order valence-electron chi connectivity index (χ4n) is 1.87. The van der Waals surface area contributed by atoms with Crippen LogP contribution in [0.2, 0.25) is 0 Å². The van der Waals surface area contributed by atoms with E-state index in [-0.39, 0.29) is 18.2 Å². The number of nitrogens with two attached hydrogens (primary N) is 1. The first-order chi connectivity index (χ1) is 9.01. The molecule has 3 N–H and O–H groups in total. The number of ether oxygens (including phenoxy) is 2. The lowest BCUT2D eigenvalue weighted by atomic mass is 10.0. The molecule has 0 bridgehead atoms. The third kappa shape index (κ3) is 3.15. The fourth-order valence-corrected chi connectivity index (χ4v) is 2.93. The van der Waals surface area contributed by atoms with E-state index in [0.717, 1.165) is 0 Å². The first-order valence-electron chi connectivity index (χ1n) is 5.93. The maximum absolute atomic E-state index is 12.0. The van der Waals surface area contributed by atoms with Gasteiger partial charge < -0.3 is 19.6 Å². The standard InChI is InChI=1S/C11H18N2O5S/c1-16-11(4-5-17-8-11)7-13-19(14,15)10-3-2-9(6-12)18-10/h2-3,13H,4-8,12H2,1H3. The molecule has 0 aromatic carbocycles. The van der Waals surface area contributed by atoms with E-state index in [0.29, 0.717) is 25.4 Å². The summed E-state index contributed by atoms with van der Waals surface area (Å²) in [5.74, 6) is 0.422. The van der Waals surface area contributed by atoms with Crippen LogP contribution in [-0.4, -0.2) is 40.9 Å². The predicted molar refractivity (Wildman–Crippen MR) is 67.0 cm³/mol. The fraction of sp³-hybridized carbons (Fsp3) is 0.636. The minimum absolute atomic E-state index is 0.141. The molecule has 7 nitrogen and oxygen atoms in total. The van der Waals surface area contributed by atoms with Crippen LogP contribution in [0.15, 0.2) is 21.6 Å². The number of hydrogen-bond acceptors (Lipinski definition) is 6. The lowest BCUT2D eigenvalue weighted by molar-refractivity contribution is -0.0121. The van der Waals surface area contributed by atoms with Crippen LogP contribution in [0, 0.1) is 0 Å². The average Bonchev–Trinajstić information content (AvgIpc) is 3.06. The monoisotopic (exact) mass is 290 g/mol. The third-order valence-electron chi connectivity index (χ3n) is 3.19. The molecule has 1 aromatic rings. The lowest BCUT2D eigenvalue weighted by Gasteiger charge is -2.25. The van der Waals surface area contributed by atoms with Crippen molar-refractivity contribution in [3.8, 4) is 0 Å². The number of furan rings is 1. The highest BCUT2D eigenvalue weighted by Gasteiger charge is 2.36. The zero-order valence-corrected chi connectivity index (χ0v) is 11.5. The summed E-state index contributed by atoms with van der Waals surface area (Å²) in [6.07, 6.45) is 0.651. The Hall–Kier alpha value is -0.930. The van der Waals surface area contributed by atoms with E-state index in [2.05, 4.69) is 4.72 Å². The van der Waals surface area contributed by atoms with Crippen LogP contribution in [0.1, 0.15) is 12.2 Å². The van der Waals surface area contributed by atoms with Gasteiger partial charge in [-0.1, -0.05) is 0 Å². The summed E-state index contributed by atoms with van der Waals surface area (Å²) in [5.41, 5.74) is 4.78. The van der Waals surface area contributed by atoms with Crippen molar-refractivity contribution in [3.05, 3.63) is 17.9 Å². The molecular formula is C11H18N2O5S. The number of methoxy groups -OCH3 is 1. The van der Waals surface area contributed by atoms with Crippen molar-refractivity contribution < 1.29 is 22.3 Å². The van der Waals surface area contributed by atoms with E-state index in [9.17, 15) is 8.42 Å². The highest BCUT2D eigenvalue weighted by atomic mass is 32.2. The zero-order valence-electron chi connectivity index (χ0n) is 10.7. The second-order valence-corrected chi connectivity index (χ2v) is 6.14. The quantitative estimate of drug-likeness (QED) is 0.753. The molecule has 0 spiro atoms. The molecule has 19 heavy (non-hydrogen) atoms. The molecular weight excluding hydrogens is 272 g/mol. The molecule has 0 amide bonds. The first kappa shape index (κ1) is 14.5. The van der Waals surface area contributed by atoms with Gasteiger partial charge in [0.05, 0.1) is 13.2 Å². The Balaban J connectivity index is 2.05. The van der Waals surface area contributed by atoms with Gasteiger partial charge in [0, 0.05) is 26.7 Å². The van der Waals surface area contributed by atoms with Gasteiger partial charge in [-0.2, -0.15) is 0 Å². The average molecular weight is 290 g/mol. The second-order valence-electron chi connectivity index (χ2n) is 4.44. The molecule has 1 aromatic heterocycles. The van der Waals surface area contributed by atoms with Crippen LogP contribution in [0.5, 0.6) is 0 Å². The second kappa shape index (κ2) is 5.59. The summed E-state index contributed by atoms with van der Waals surface area (Å²) in [5, 5.41) is -0.141. The summed E-state index contributed by atoms with van der Waals surface area (Å²) in [6.45, 7) is 1.24. The van der Waals surface area contributed by atoms with E-state index in [1.165, 1.54) is 6.07 Å². The van der Waals surface area contributed by atoms with Crippen LogP contribution in [0.3, 0.4) is 0 Å². The third-order valence-corrected chi connectivity index (χ3v) is 4.46. The molecule has 0 radical (unpaired) electrons. The van der Waals surface area contributed by atoms with Crippen molar-refractivity contribution in [1.29, 1.82) is 0 Å². The van der Waals surface area contributed by atoms with Crippen LogP contribution in [0.4, 0.5) is 0 Å². The lowest BCUT2D eigenvalue weighted by Crippen LogP contribution is -2.44. The van der Waals surface area contributed by atoms with Crippen molar-refractivity contribution in [2.45, 2.75) is 23.7 Å². The van der Waals surface area contributed by atoms with Crippen LogP contribution in [0.25, 0.3) is 0 Å². The predicted octanol–water partition coefficient (Wildman–Crippen LogP) is -0.178. The Bertz CT molecular complexity index is 519. The molecule has 1 fully saturated rings. The van der Waals surface area contributed by atoms with Gasteiger partial charge in [-0.05, 0) is 12.1 Å². The molecule has 0 aliphatic carbocycles. The van der Waals surface area contributed by atoms with Crippen molar-refractivity contribution >= 4 is 10.0 Å². The molecule has 108 valence electrons. The Kier molecular flexibility index (Phi) is 4.26. The van der Waals surface area contributed by atoms with Gasteiger partial charge in [0.1, 0.15) is 11.4 Å². The minimum Gasteiger partial charge on any atom is -0.447 e. The smallest absolute Gasteiger partial charge is 0.274 e. The summed E-state index contributed by atoms with van der Waals surface area (Å²) in [6, 6.07) is 2.93. The Morgan fingerprint density at radius 1 is 1.53 bits per heavy atom. The molecule has 1 saturated heterocycles. The van der Waals surface area contributed by atoms with Gasteiger partial charge >= 0.3 is 0 Å². The van der Waals surface area contributed by atoms with E-state index < -0.39 is 15.6 Å². The number of rotatable bonds is 6. The molecule has 1 aliphatic rings. The van der Waals surface area contributed by atoms with Gasteiger partial charge in [0.2, 0.25) is 5.09 Å². The van der Waals surface area contributed by atoms with Gasteiger partial charge in [-0.25, -0.2) is 13.1 Å².